The highest BCUT2D eigenvalue weighted by atomic mass is 16.4. The molecule has 4 unspecified atom stereocenters. The first-order valence-electron chi connectivity index (χ1n) is 11.8. The lowest BCUT2D eigenvalue weighted by Crippen LogP contribution is -2.58. The molecule has 0 rings (SSSR count). The van der Waals surface area contributed by atoms with Crippen LogP contribution in [0.1, 0.15) is 59.8 Å². The van der Waals surface area contributed by atoms with Gasteiger partial charge in [0, 0.05) is 13.0 Å². The first kappa shape index (κ1) is 32.6. The molecule has 0 spiro atoms. The van der Waals surface area contributed by atoms with E-state index in [0.29, 0.717) is 6.42 Å². The van der Waals surface area contributed by atoms with Crippen molar-refractivity contribution in [3.05, 3.63) is 0 Å². The average molecular weight is 516 g/mol. The molecule has 4 atom stereocenters. The highest BCUT2D eigenvalue weighted by molar-refractivity contribution is 5.94. The summed E-state index contributed by atoms with van der Waals surface area (Å²) >= 11 is 0. The van der Waals surface area contributed by atoms with Gasteiger partial charge in [0.2, 0.25) is 17.7 Å². The van der Waals surface area contributed by atoms with Gasteiger partial charge in [-0.15, -0.1) is 0 Å². The van der Waals surface area contributed by atoms with Gasteiger partial charge in [-0.05, 0) is 37.5 Å². The SMILES string of the molecule is CC(C)CC(NC(=O)C(CCC(=O)O)NC(=O)C(NC(=O)C(N)CCCN=C(N)N)C(C)C)C(=O)O. The van der Waals surface area contributed by atoms with Crippen molar-refractivity contribution in [2.45, 2.75) is 84.0 Å². The van der Waals surface area contributed by atoms with Gasteiger partial charge in [-0.3, -0.25) is 24.2 Å². The summed E-state index contributed by atoms with van der Waals surface area (Å²) in [5.41, 5.74) is 16.4. The number of carbonyl (C=O) groups is 5. The molecular formula is C22H41N7O7. The molecule has 0 aliphatic rings. The van der Waals surface area contributed by atoms with Gasteiger partial charge in [0.15, 0.2) is 5.96 Å². The van der Waals surface area contributed by atoms with E-state index in [4.69, 9.17) is 22.3 Å². The van der Waals surface area contributed by atoms with E-state index in [1.165, 1.54) is 0 Å². The molecule has 0 saturated heterocycles. The van der Waals surface area contributed by atoms with Crippen molar-refractivity contribution in [2.75, 3.05) is 6.54 Å². The maximum Gasteiger partial charge on any atom is 0.326 e. The zero-order valence-corrected chi connectivity index (χ0v) is 21.3. The van der Waals surface area contributed by atoms with Gasteiger partial charge >= 0.3 is 11.9 Å². The molecule has 0 aromatic rings. The van der Waals surface area contributed by atoms with Gasteiger partial charge in [-0.2, -0.15) is 0 Å². The van der Waals surface area contributed by atoms with Crippen LogP contribution in [0.4, 0.5) is 0 Å². The minimum Gasteiger partial charge on any atom is -0.481 e. The van der Waals surface area contributed by atoms with Gasteiger partial charge in [-0.1, -0.05) is 27.7 Å². The minimum atomic E-state index is -1.32. The van der Waals surface area contributed by atoms with Crippen LogP contribution in [0.5, 0.6) is 0 Å². The summed E-state index contributed by atoms with van der Waals surface area (Å²) in [7, 11) is 0. The number of nitrogens with one attached hydrogen (secondary N) is 3. The fourth-order valence-electron chi connectivity index (χ4n) is 3.21. The van der Waals surface area contributed by atoms with Crippen LogP contribution in [-0.4, -0.2) is 76.5 Å². The Morgan fingerprint density at radius 3 is 1.89 bits per heavy atom. The van der Waals surface area contributed by atoms with Crippen molar-refractivity contribution in [1.29, 1.82) is 0 Å². The number of nitrogens with zero attached hydrogens (tertiary/aromatic N) is 1. The molecule has 0 aliphatic heterocycles. The van der Waals surface area contributed by atoms with Crippen LogP contribution in [0.15, 0.2) is 4.99 Å². The predicted octanol–water partition coefficient (Wildman–Crippen LogP) is -1.53. The van der Waals surface area contributed by atoms with Crippen LogP contribution < -0.4 is 33.2 Å². The van der Waals surface area contributed by atoms with Gasteiger partial charge in [0.05, 0.1) is 6.04 Å². The summed E-state index contributed by atoms with van der Waals surface area (Å²) in [4.78, 5) is 64.7. The molecule has 0 bridgehead atoms. The third-order valence-corrected chi connectivity index (χ3v) is 5.15. The molecule has 11 N–H and O–H groups in total. The lowest BCUT2D eigenvalue weighted by Gasteiger charge is -2.27. The molecule has 206 valence electrons. The third kappa shape index (κ3) is 13.5. The Morgan fingerprint density at radius 1 is 0.833 bits per heavy atom. The number of aliphatic carboxylic acids is 2. The fourth-order valence-corrected chi connectivity index (χ4v) is 3.21. The van der Waals surface area contributed by atoms with Gasteiger partial charge in [0.25, 0.3) is 0 Å². The van der Waals surface area contributed by atoms with E-state index in [2.05, 4.69) is 20.9 Å². The zero-order chi connectivity index (χ0) is 28.0. The lowest BCUT2D eigenvalue weighted by atomic mass is 10.0. The van der Waals surface area contributed by atoms with Gasteiger partial charge < -0.3 is 43.4 Å². The second-order valence-corrected chi connectivity index (χ2v) is 9.31. The number of amides is 3. The van der Waals surface area contributed by atoms with Crippen LogP contribution in [0.25, 0.3) is 0 Å². The Bertz CT molecular complexity index is 798. The molecule has 0 fully saturated rings. The number of guanidine groups is 1. The summed E-state index contributed by atoms with van der Waals surface area (Å²) in [5.74, 6) is -5.12. The molecule has 3 amide bonds. The topological polar surface area (TPSA) is 252 Å². The van der Waals surface area contributed by atoms with Crippen molar-refractivity contribution in [2.24, 2.45) is 34.0 Å². The number of carboxylic acid groups (broad SMARTS) is 2. The monoisotopic (exact) mass is 515 g/mol. The standard InChI is InChI=1S/C22H41N7O7/c1-11(2)10-15(21(35)36)28-19(33)14(7-8-16(30)31)27-20(34)17(12(3)4)29-18(32)13(23)6-5-9-26-22(24)25/h11-15,17H,5-10,23H2,1-4H3,(H,27,34)(H,28,33)(H,29,32)(H,30,31)(H,35,36)(H4,24,25,26). The van der Waals surface area contributed by atoms with E-state index in [0.717, 1.165) is 0 Å². The summed E-state index contributed by atoms with van der Waals surface area (Å²) in [5, 5.41) is 25.8. The maximum absolute atomic E-state index is 13.0. The third-order valence-electron chi connectivity index (χ3n) is 5.15. The lowest BCUT2D eigenvalue weighted by molar-refractivity contribution is -0.143. The van der Waals surface area contributed by atoms with Crippen LogP contribution in [0, 0.1) is 11.8 Å². The number of nitrogens with two attached hydrogens (primary N) is 3. The van der Waals surface area contributed by atoms with Gasteiger partial charge in [-0.25, -0.2) is 4.79 Å². The molecule has 0 aliphatic carbocycles. The first-order chi connectivity index (χ1) is 16.6. The highest BCUT2D eigenvalue weighted by Gasteiger charge is 2.32. The Hall–Kier alpha value is -3.42. The van der Waals surface area contributed by atoms with Crippen molar-refractivity contribution in [1.82, 2.24) is 16.0 Å². The smallest absolute Gasteiger partial charge is 0.326 e. The minimum absolute atomic E-state index is 0.0392. The zero-order valence-electron chi connectivity index (χ0n) is 21.3. The molecule has 0 heterocycles. The average Bonchev–Trinajstić information content (AvgIpc) is 2.75. The fraction of sp³-hybridized carbons (Fsp3) is 0.727. The molecule has 0 radical (unpaired) electrons. The molecule has 36 heavy (non-hydrogen) atoms. The Labute approximate surface area is 210 Å². The normalized spacial score (nSPS) is 14.3. The van der Waals surface area contributed by atoms with E-state index in [1.54, 1.807) is 27.7 Å². The molecular weight excluding hydrogens is 474 g/mol. The second-order valence-electron chi connectivity index (χ2n) is 9.31. The molecule has 0 aromatic carbocycles. The van der Waals surface area contributed by atoms with Crippen LogP contribution in [0.3, 0.4) is 0 Å². The number of rotatable bonds is 17. The summed E-state index contributed by atoms with van der Waals surface area (Å²) in [6.07, 6.45) is 0.116. The van der Waals surface area contributed by atoms with Crippen molar-refractivity contribution >= 4 is 35.6 Å². The van der Waals surface area contributed by atoms with Gasteiger partial charge in [0.1, 0.15) is 18.1 Å². The summed E-state index contributed by atoms with van der Waals surface area (Å²) < 4.78 is 0. The Balaban J connectivity index is 5.39. The number of carboxylic acids is 2. The van der Waals surface area contributed by atoms with Crippen LogP contribution >= 0.6 is 0 Å². The summed E-state index contributed by atoms with van der Waals surface area (Å²) in [6.45, 7) is 7.20. The van der Waals surface area contributed by atoms with E-state index in [1.807, 2.05) is 0 Å². The summed E-state index contributed by atoms with van der Waals surface area (Å²) in [6, 6.07) is -4.55. The first-order valence-corrected chi connectivity index (χ1v) is 11.8. The quantitative estimate of drug-likeness (QED) is 0.0630. The molecule has 0 aromatic heterocycles. The van der Waals surface area contributed by atoms with E-state index >= 15 is 0 Å². The second kappa shape index (κ2) is 16.3. The van der Waals surface area contributed by atoms with E-state index < -0.39 is 66.2 Å². The highest BCUT2D eigenvalue weighted by Crippen LogP contribution is 2.09. The molecule has 0 saturated carbocycles. The maximum atomic E-state index is 13.0. The largest absolute Gasteiger partial charge is 0.481 e. The van der Waals surface area contributed by atoms with Crippen molar-refractivity contribution < 1.29 is 34.2 Å². The van der Waals surface area contributed by atoms with Crippen molar-refractivity contribution in [3.8, 4) is 0 Å². The number of carbonyl (C=O) groups excluding carboxylic acids is 3. The Morgan fingerprint density at radius 2 is 1.42 bits per heavy atom. The van der Waals surface area contributed by atoms with E-state index in [-0.39, 0.29) is 37.7 Å². The number of hydrogen-bond acceptors (Lipinski definition) is 7. The van der Waals surface area contributed by atoms with Crippen LogP contribution in [-0.2, 0) is 24.0 Å². The number of hydrogen-bond donors (Lipinski definition) is 8. The van der Waals surface area contributed by atoms with E-state index in [9.17, 15) is 29.1 Å². The van der Waals surface area contributed by atoms with Crippen molar-refractivity contribution in [3.63, 3.8) is 0 Å². The molecule has 14 heteroatoms. The Kier molecular flexibility index (Phi) is 14.7. The predicted molar refractivity (Wildman–Crippen MR) is 132 cm³/mol. The number of aliphatic imine (C=N–C) groups is 1. The van der Waals surface area contributed by atoms with Crippen LogP contribution in [0.2, 0.25) is 0 Å². The molecule has 14 nitrogen and oxygen atoms in total.